The molecule has 0 saturated carbocycles. The van der Waals surface area contributed by atoms with Gasteiger partial charge in [0.15, 0.2) is 11.5 Å². The van der Waals surface area contributed by atoms with Crippen molar-refractivity contribution in [2.24, 2.45) is 5.92 Å². The predicted octanol–water partition coefficient (Wildman–Crippen LogP) is 3.54. The minimum Gasteiger partial charge on any atom is -0.493 e. The molecule has 1 fully saturated rings. The molecule has 0 spiro atoms. The number of hydrogen-bond donors (Lipinski definition) is 1. The van der Waals surface area contributed by atoms with E-state index in [1.165, 1.54) is 18.4 Å². The number of rotatable bonds is 10. The SMILES string of the molecule is COc1ccc(COC[C@H](O)CN2CCC(Cc3ccccc3)CC2)cc1OC. The fraction of sp³-hybridized carbons (Fsp3) is 0.500. The Morgan fingerprint density at radius 2 is 1.69 bits per heavy atom. The van der Waals surface area contributed by atoms with Crippen LogP contribution in [-0.4, -0.2) is 56.6 Å². The highest BCUT2D eigenvalue weighted by Gasteiger charge is 2.21. The van der Waals surface area contributed by atoms with Gasteiger partial charge in [-0.2, -0.15) is 0 Å². The van der Waals surface area contributed by atoms with E-state index >= 15 is 0 Å². The number of piperidine rings is 1. The monoisotopic (exact) mass is 399 g/mol. The highest BCUT2D eigenvalue weighted by Crippen LogP contribution is 2.27. The smallest absolute Gasteiger partial charge is 0.161 e. The fourth-order valence-electron chi connectivity index (χ4n) is 3.95. The lowest BCUT2D eigenvalue weighted by Gasteiger charge is -2.33. The maximum atomic E-state index is 10.4. The van der Waals surface area contributed by atoms with Gasteiger partial charge in [-0.1, -0.05) is 36.4 Å². The van der Waals surface area contributed by atoms with Crippen LogP contribution in [0.15, 0.2) is 48.5 Å². The van der Waals surface area contributed by atoms with Gasteiger partial charge in [-0.3, -0.25) is 0 Å². The van der Waals surface area contributed by atoms with Crippen molar-refractivity contribution in [3.63, 3.8) is 0 Å². The van der Waals surface area contributed by atoms with Crippen molar-refractivity contribution in [3.8, 4) is 11.5 Å². The van der Waals surface area contributed by atoms with Gasteiger partial charge >= 0.3 is 0 Å². The Balaban J connectivity index is 1.34. The average Bonchev–Trinajstić information content (AvgIpc) is 2.75. The quantitative estimate of drug-likeness (QED) is 0.662. The van der Waals surface area contributed by atoms with Crippen LogP contribution in [-0.2, 0) is 17.8 Å². The summed E-state index contributed by atoms with van der Waals surface area (Å²) >= 11 is 0. The largest absolute Gasteiger partial charge is 0.493 e. The van der Waals surface area contributed by atoms with Crippen molar-refractivity contribution in [1.29, 1.82) is 0 Å². The zero-order chi connectivity index (χ0) is 20.5. The maximum Gasteiger partial charge on any atom is 0.161 e. The van der Waals surface area contributed by atoms with E-state index in [1.807, 2.05) is 18.2 Å². The van der Waals surface area contributed by atoms with E-state index in [1.54, 1.807) is 14.2 Å². The molecule has 0 unspecified atom stereocenters. The third kappa shape index (κ3) is 6.74. The summed E-state index contributed by atoms with van der Waals surface area (Å²) in [5.74, 6) is 2.13. The predicted molar refractivity (Wildman–Crippen MR) is 115 cm³/mol. The summed E-state index contributed by atoms with van der Waals surface area (Å²) in [6.45, 7) is 3.54. The van der Waals surface area contributed by atoms with Crippen LogP contribution in [0.3, 0.4) is 0 Å². The number of ether oxygens (including phenoxy) is 3. The van der Waals surface area contributed by atoms with Crippen LogP contribution in [0.2, 0.25) is 0 Å². The van der Waals surface area contributed by atoms with Gasteiger partial charge in [-0.05, 0) is 61.5 Å². The van der Waals surface area contributed by atoms with Crippen molar-refractivity contribution < 1.29 is 19.3 Å². The van der Waals surface area contributed by atoms with E-state index < -0.39 is 6.10 Å². The van der Waals surface area contributed by atoms with Crippen molar-refractivity contribution in [1.82, 2.24) is 4.90 Å². The van der Waals surface area contributed by atoms with Gasteiger partial charge in [0.1, 0.15) is 0 Å². The average molecular weight is 400 g/mol. The van der Waals surface area contributed by atoms with E-state index in [4.69, 9.17) is 14.2 Å². The second-order valence-electron chi connectivity index (χ2n) is 7.79. The molecule has 0 aromatic heterocycles. The Hall–Kier alpha value is -2.08. The van der Waals surface area contributed by atoms with Crippen LogP contribution in [0.4, 0.5) is 0 Å². The molecule has 1 aliphatic heterocycles. The Morgan fingerprint density at radius 3 is 2.38 bits per heavy atom. The number of nitrogens with zero attached hydrogens (tertiary/aromatic N) is 1. The Bertz CT molecular complexity index is 729. The molecule has 158 valence electrons. The lowest BCUT2D eigenvalue weighted by atomic mass is 9.90. The first-order valence-corrected chi connectivity index (χ1v) is 10.4. The molecule has 1 atom stereocenters. The van der Waals surface area contributed by atoms with Crippen molar-refractivity contribution >= 4 is 0 Å². The van der Waals surface area contributed by atoms with Crippen LogP contribution in [0, 0.1) is 5.92 Å². The van der Waals surface area contributed by atoms with Crippen LogP contribution >= 0.6 is 0 Å². The molecule has 2 aromatic carbocycles. The molecule has 0 aliphatic carbocycles. The first-order valence-electron chi connectivity index (χ1n) is 10.4. The first-order chi connectivity index (χ1) is 14.2. The normalized spacial score (nSPS) is 16.5. The van der Waals surface area contributed by atoms with Gasteiger partial charge in [-0.25, -0.2) is 0 Å². The molecular weight excluding hydrogens is 366 g/mol. The van der Waals surface area contributed by atoms with E-state index in [0.717, 1.165) is 31.0 Å². The Labute approximate surface area is 174 Å². The molecule has 29 heavy (non-hydrogen) atoms. The number of β-amino-alcohol motifs (C(OH)–C–C–N with tert-alkyl or cyclic N) is 1. The molecule has 3 rings (SSSR count). The van der Waals surface area contributed by atoms with Gasteiger partial charge in [0.2, 0.25) is 0 Å². The topological polar surface area (TPSA) is 51.2 Å². The third-order valence-electron chi connectivity index (χ3n) is 5.57. The maximum absolute atomic E-state index is 10.4. The summed E-state index contributed by atoms with van der Waals surface area (Å²) in [7, 11) is 3.24. The van der Waals surface area contributed by atoms with Crippen LogP contribution in [0.5, 0.6) is 11.5 Å². The van der Waals surface area contributed by atoms with E-state index in [-0.39, 0.29) is 0 Å². The first kappa shape index (κ1) is 21.6. The molecule has 1 saturated heterocycles. The minimum absolute atomic E-state index is 0.332. The number of aliphatic hydroxyl groups is 1. The minimum atomic E-state index is -0.471. The van der Waals surface area contributed by atoms with Gasteiger partial charge in [0.25, 0.3) is 0 Å². The molecule has 2 aromatic rings. The summed E-state index contributed by atoms with van der Waals surface area (Å²) in [5, 5.41) is 10.4. The zero-order valence-electron chi connectivity index (χ0n) is 17.5. The number of aliphatic hydroxyl groups excluding tert-OH is 1. The summed E-state index contributed by atoms with van der Waals surface area (Å²) in [5.41, 5.74) is 2.42. The molecular formula is C24H33NO4. The number of likely N-dealkylation sites (tertiary alicyclic amines) is 1. The Morgan fingerprint density at radius 1 is 0.966 bits per heavy atom. The van der Waals surface area contributed by atoms with E-state index in [9.17, 15) is 5.11 Å². The second kappa shape index (κ2) is 11.2. The van der Waals surface area contributed by atoms with Crippen LogP contribution < -0.4 is 9.47 Å². The molecule has 1 N–H and O–H groups in total. The molecule has 0 amide bonds. The van der Waals surface area contributed by atoms with Gasteiger partial charge < -0.3 is 24.2 Å². The third-order valence-corrected chi connectivity index (χ3v) is 5.57. The number of methoxy groups -OCH3 is 2. The van der Waals surface area contributed by atoms with Gasteiger partial charge in [-0.15, -0.1) is 0 Å². The van der Waals surface area contributed by atoms with Crippen LogP contribution in [0.25, 0.3) is 0 Å². The molecule has 1 aliphatic rings. The fourth-order valence-corrected chi connectivity index (χ4v) is 3.95. The Kier molecular flexibility index (Phi) is 8.35. The number of hydrogen-bond acceptors (Lipinski definition) is 5. The molecule has 5 heteroatoms. The molecule has 0 bridgehead atoms. The van der Waals surface area contributed by atoms with E-state index in [2.05, 4.69) is 35.2 Å². The molecule has 1 heterocycles. The van der Waals surface area contributed by atoms with Crippen LogP contribution in [0.1, 0.15) is 24.0 Å². The molecule has 0 radical (unpaired) electrons. The van der Waals surface area contributed by atoms with Crippen molar-refractivity contribution in [2.45, 2.75) is 32.0 Å². The second-order valence-corrected chi connectivity index (χ2v) is 7.79. The summed E-state index contributed by atoms with van der Waals surface area (Å²) in [4.78, 5) is 2.35. The number of benzene rings is 2. The standard InChI is InChI=1S/C24H33NO4/c1-27-23-9-8-21(15-24(23)28-2)17-29-18-22(26)16-25-12-10-20(11-13-25)14-19-6-4-3-5-7-19/h3-9,15,20,22,26H,10-14,16-18H2,1-2H3/t22-/m1/s1. The zero-order valence-corrected chi connectivity index (χ0v) is 17.5. The molecule has 5 nitrogen and oxygen atoms in total. The summed E-state index contributed by atoms with van der Waals surface area (Å²) < 4.78 is 16.3. The highest BCUT2D eigenvalue weighted by molar-refractivity contribution is 5.42. The van der Waals surface area contributed by atoms with Gasteiger partial charge in [0, 0.05) is 6.54 Å². The lowest BCUT2D eigenvalue weighted by molar-refractivity contribution is 0.00446. The summed E-state index contributed by atoms with van der Waals surface area (Å²) in [6.07, 6.45) is 3.06. The van der Waals surface area contributed by atoms with Gasteiger partial charge in [0.05, 0.1) is 33.5 Å². The summed E-state index contributed by atoms with van der Waals surface area (Å²) in [6, 6.07) is 16.5. The lowest BCUT2D eigenvalue weighted by Crippen LogP contribution is -2.40. The van der Waals surface area contributed by atoms with Crippen molar-refractivity contribution in [3.05, 3.63) is 59.7 Å². The van der Waals surface area contributed by atoms with E-state index in [0.29, 0.717) is 31.3 Å². The van der Waals surface area contributed by atoms with Crippen molar-refractivity contribution in [2.75, 3.05) is 40.5 Å². The highest BCUT2D eigenvalue weighted by atomic mass is 16.5.